The molecule has 2 heterocycles. The molecule has 3 rings (SSSR count). The topological polar surface area (TPSA) is 37.8 Å². The summed E-state index contributed by atoms with van der Waals surface area (Å²) in [5.41, 5.74) is 0. The van der Waals surface area contributed by atoms with E-state index in [0.29, 0.717) is 11.2 Å². The van der Waals surface area contributed by atoms with Crippen LogP contribution < -0.4 is 5.32 Å². The normalized spacial score (nSPS) is 19.7. The third-order valence-corrected chi connectivity index (χ3v) is 4.35. The number of hydrogen-bond acceptors (Lipinski definition) is 4. The fourth-order valence-corrected chi connectivity index (χ4v) is 3.37. The number of aromatic nitrogens is 2. The second-order valence-corrected chi connectivity index (χ2v) is 5.60. The summed E-state index contributed by atoms with van der Waals surface area (Å²) in [7, 11) is 0. The van der Waals surface area contributed by atoms with Gasteiger partial charge in [0.2, 0.25) is 0 Å². The standard InChI is InChI=1S/C12H12ClN3S/c13-11-9-3-1-2-4-10(9)12(16-15-11)14-8-5-6-17-7-8/h1-4,8H,5-7H2,(H,14,16). The Morgan fingerprint density at radius 2 is 2.06 bits per heavy atom. The van der Waals surface area contributed by atoms with E-state index in [9.17, 15) is 0 Å². The van der Waals surface area contributed by atoms with Gasteiger partial charge < -0.3 is 5.32 Å². The molecule has 2 aromatic rings. The molecule has 0 spiro atoms. The smallest absolute Gasteiger partial charge is 0.159 e. The van der Waals surface area contributed by atoms with Crippen molar-refractivity contribution in [1.82, 2.24) is 10.2 Å². The Balaban J connectivity index is 2.01. The molecule has 0 radical (unpaired) electrons. The fraction of sp³-hybridized carbons (Fsp3) is 0.333. The van der Waals surface area contributed by atoms with Crippen LogP contribution in [0.3, 0.4) is 0 Å². The van der Waals surface area contributed by atoms with E-state index in [-0.39, 0.29) is 0 Å². The van der Waals surface area contributed by atoms with Gasteiger partial charge in [-0.3, -0.25) is 0 Å². The van der Waals surface area contributed by atoms with Crippen LogP contribution in [0.4, 0.5) is 5.82 Å². The lowest BCUT2D eigenvalue weighted by atomic mass is 10.2. The summed E-state index contributed by atoms with van der Waals surface area (Å²) < 4.78 is 0. The van der Waals surface area contributed by atoms with Crippen molar-refractivity contribution in [1.29, 1.82) is 0 Å². The maximum atomic E-state index is 6.04. The Bertz CT molecular complexity index is 540. The Labute approximate surface area is 109 Å². The molecule has 1 atom stereocenters. The van der Waals surface area contributed by atoms with Crippen LogP contribution in [0.2, 0.25) is 5.15 Å². The molecule has 3 nitrogen and oxygen atoms in total. The van der Waals surface area contributed by atoms with Gasteiger partial charge in [-0.15, -0.1) is 10.2 Å². The van der Waals surface area contributed by atoms with Crippen molar-refractivity contribution in [3.05, 3.63) is 29.4 Å². The summed E-state index contributed by atoms with van der Waals surface area (Å²) in [6, 6.07) is 8.46. The first kappa shape index (κ1) is 11.1. The van der Waals surface area contributed by atoms with E-state index in [0.717, 1.165) is 22.3 Å². The first-order valence-electron chi connectivity index (χ1n) is 5.60. The van der Waals surface area contributed by atoms with Crippen molar-refractivity contribution >= 4 is 40.0 Å². The molecule has 1 fully saturated rings. The summed E-state index contributed by atoms with van der Waals surface area (Å²) >= 11 is 8.01. The van der Waals surface area contributed by atoms with E-state index in [2.05, 4.69) is 15.5 Å². The highest BCUT2D eigenvalue weighted by atomic mass is 35.5. The average Bonchev–Trinajstić information content (AvgIpc) is 2.86. The number of thioether (sulfide) groups is 1. The minimum atomic E-state index is 0.465. The van der Waals surface area contributed by atoms with Gasteiger partial charge in [0.1, 0.15) is 0 Å². The first-order chi connectivity index (χ1) is 8.34. The molecule has 1 N–H and O–H groups in total. The number of rotatable bonds is 2. The molecular weight excluding hydrogens is 254 g/mol. The van der Waals surface area contributed by atoms with Gasteiger partial charge in [0.25, 0.3) is 0 Å². The maximum Gasteiger partial charge on any atom is 0.159 e. The van der Waals surface area contributed by atoms with E-state index in [1.165, 1.54) is 12.2 Å². The summed E-state index contributed by atoms with van der Waals surface area (Å²) in [5, 5.41) is 14.1. The van der Waals surface area contributed by atoms with Crippen LogP contribution in [0.1, 0.15) is 6.42 Å². The van der Waals surface area contributed by atoms with Gasteiger partial charge in [-0.1, -0.05) is 35.9 Å². The number of nitrogens with zero attached hydrogens (tertiary/aromatic N) is 2. The number of anilines is 1. The third kappa shape index (κ3) is 2.19. The molecule has 17 heavy (non-hydrogen) atoms. The lowest BCUT2D eigenvalue weighted by Crippen LogP contribution is -2.19. The van der Waals surface area contributed by atoms with Crippen molar-refractivity contribution in [3.63, 3.8) is 0 Å². The lowest BCUT2D eigenvalue weighted by Gasteiger charge is -2.13. The molecular formula is C12H12ClN3S. The van der Waals surface area contributed by atoms with Crippen LogP contribution in [-0.2, 0) is 0 Å². The van der Waals surface area contributed by atoms with Crippen LogP contribution in [0.25, 0.3) is 10.8 Å². The molecule has 1 aliphatic heterocycles. The van der Waals surface area contributed by atoms with Crippen molar-refractivity contribution in [3.8, 4) is 0 Å². The maximum absolute atomic E-state index is 6.04. The molecule has 0 bridgehead atoms. The van der Waals surface area contributed by atoms with Crippen LogP contribution in [0.5, 0.6) is 0 Å². The zero-order valence-corrected chi connectivity index (χ0v) is 10.8. The lowest BCUT2D eigenvalue weighted by molar-refractivity contribution is 0.803. The molecule has 0 aliphatic carbocycles. The van der Waals surface area contributed by atoms with Crippen molar-refractivity contribution in [2.75, 3.05) is 16.8 Å². The molecule has 5 heteroatoms. The van der Waals surface area contributed by atoms with Gasteiger partial charge in [-0.2, -0.15) is 11.8 Å². The summed E-state index contributed by atoms with van der Waals surface area (Å²) in [5.74, 6) is 3.20. The minimum absolute atomic E-state index is 0.465. The molecule has 1 saturated heterocycles. The van der Waals surface area contributed by atoms with Crippen LogP contribution in [0, 0.1) is 0 Å². The van der Waals surface area contributed by atoms with E-state index in [1.807, 2.05) is 36.0 Å². The van der Waals surface area contributed by atoms with Crippen molar-refractivity contribution in [2.45, 2.75) is 12.5 Å². The summed E-state index contributed by atoms with van der Waals surface area (Å²) in [6.45, 7) is 0. The van der Waals surface area contributed by atoms with E-state index in [1.54, 1.807) is 0 Å². The Morgan fingerprint density at radius 1 is 1.24 bits per heavy atom. The quantitative estimate of drug-likeness (QED) is 0.905. The van der Waals surface area contributed by atoms with Gasteiger partial charge in [0.15, 0.2) is 11.0 Å². The average molecular weight is 266 g/mol. The molecule has 1 aliphatic rings. The highest BCUT2D eigenvalue weighted by Gasteiger charge is 2.17. The molecule has 1 aromatic heterocycles. The van der Waals surface area contributed by atoms with Gasteiger partial charge in [-0.05, 0) is 12.2 Å². The zero-order chi connectivity index (χ0) is 11.7. The number of hydrogen-bond donors (Lipinski definition) is 1. The first-order valence-corrected chi connectivity index (χ1v) is 7.13. The third-order valence-electron chi connectivity index (χ3n) is 2.91. The predicted molar refractivity (Wildman–Crippen MR) is 73.9 cm³/mol. The molecule has 0 amide bonds. The van der Waals surface area contributed by atoms with E-state index >= 15 is 0 Å². The van der Waals surface area contributed by atoms with Gasteiger partial charge in [0, 0.05) is 22.6 Å². The second-order valence-electron chi connectivity index (χ2n) is 4.09. The minimum Gasteiger partial charge on any atom is -0.364 e. The zero-order valence-electron chi connectivity index (χ0n) is 9.19. The van der Waals surface area contributed by atoms with Crippen LogP contribution in [0.15, 0.2) is 24.3 Å². The van der Waals surface area contributed by atoms with Crippen LogP contribution >= 0.6 is 23.4 Å². The van der Waals surface area contributed by atoms with Gasteiger partial charge >= 0.3 is 0 Å². The Hall–Kier alpha value is -1.00. The van der Waals surface area contributed by atoms with E-state index < -0.39 is 0 Å². The monoisotopic (exact) mass is 265 g/mol. The number of fused-ring (bicyclic) bond motifs is 1. The predicted octanol–water partition coefficient (Wildman–Crippen LogP) is 3.20. The van der Waals surface area contributed by atoms with Crippen molar-refractivity contribution < 1.29 is 0 Å². The molecule has 0 saturated carbocycles. The highest BCUT2D eigenvalue weighted by Crippen LogP contribution is 2.28. The summed E-state index contributed by atoms with van der Waals surface area (Å²) in [4.78, 5) is 0. The largest absolute Gasteiger partial charge is 0.364 e. The number of benzene rings is 1. The molecule has 1 unspecified atom stereocenters. The highest BCUT2D eigenvalue weighted by molar-refractivity contribution is 7.99. The van der Waals surface area contributed by atoms with Crippen LogP contribution in [-0.4, -0.2) is 27.7 Å². The Kier molecular flexibility index (Phi) is 3.07. The molecule has 1 aromatic carbocycles. The Morgan fingerprint density at radius 3 is 2.82 bits per heavy atom. The van der Waals surface area contributed by atoms with E-state index in [4.69, 9.17) is 11.6 Å². The van der Waals surface area contributed by atoms with Gasteiger partial charge in [-0.25, -0.2) is 0 Å². The van der Waals surface area contributed by atoms with Crippen molar-refractivity contribution in [2.24, 2.45) is 0 Å². The number of halogens is 1. The fourth-order valence-electron chi connectivity index (χ4n) is 2.02. The van der Waals surface area contributed by atoms with Gasteiger partial charge in [0.05, 0.1) is 0 Å². The SMILES string of the molecule is Clc1nnc(NC2CCSC2)c2ccccc12. The second kappa shape index (κ2) is 4.70. The number of nitrogens with one attached hydrogen (secondary N) is 1. The molecule has 88 valence electrons. The summed E-state index contributed by atoms with van der Waals surface area (Å²) in [6.07, 6.45) is 1.18.